The van der Waals surface area contributed by atoms with Gasteiger partial charge in [-0.05, 0) is 23.6 Å². The number of rotatable bonds is 10. The third-order valence-electron chi connectivity index (χ3n) is 4.31. The summed E-state index contributed by atoms with van der Waals surface area (Å²) < 4.78 is 33.0. The number of aldehydes is 1. The van der Waals surface area contributed by atoms with E-state index in [4.69, 9.17) is 9.84 Å². The zero-order valence-electron chi connectivity index (χ0n) is 15.9. The predicted molar refractivity (Wildman–Crippen MR) is 110 cm³/mol. The molecule has 0 spiro atoms. The van der Waals surface area contributed by atoms with Crippen LogP contribution in [-0.2, 0) is 26.0 Å². The molecule has 156 valence electrons. The van der Waals surface area contributed by atoms with Crippen molar-refractivity contribution < 1.29 is 27.9 Å². The van der Waals surface area contributed by atoms with Crippen LogP contribution >= 0.6 is 0 Å². The van der Waals surface area contributed by atoms with Crippen LogP contribution in [0.4, 0.5) is 0 Å². The van der Waals surface area contributed by atoms with E-state index >= 15 is 0 Å². The molecule has 1 aromatic heterocycles. The highest BCUT2D eigenvalue weighted by Crippen LogP contribution is 2.24. The average molecular weight is 428 g/mol. The lowest BCUT2D eigenvalue weighted by atomic mass is 10.1. The Labute approximate surface area is 173 Å². The van der Waals surface area contributed by atoms with Gasteiger partial charge in [-0.1, -0.05) is 36.4 Å². The summed E-state index contributed by atoms with van der Waals surface area (Å²) in [4.78, 5) is 26.0. The number of carboxylic acids is 1. The van der Waals surface area contributed by atoms with Crippen molar-refractivity contribution in [1.29, 1.82) is 0 Å². The molecule has 9 heteroatoms. The maximum atomic E-state index is 12.6. The van der Waals surface area contributed by atoms with Gasteiger partial charge in [-0.2, -0.15) is 0 Å². The third-order valence-corrected chi connectivity index (χ3v) is 5.84. The first-order chi connectivity index (χ1) is 14.4. The molecule has 30 heavy (non-hydrogen) atoms. The summed E-state index contributed by atoms with van der Waals surface area (Å²) >= 11 is 0. The molecule has 3 aromatic rings. The summed E-state index contributed by atoms with van der Waals surface area (Å²) in [5.74, 6) is -1.19. The molecule has 2 N–H and O–H groups in total. The van der Waals surface area contributed by atoms with Crippen LogP contribution in [0, 0.1) is 0 Å². The lowest BCUT2D eigenvalue weighted by molar-refractivity contribution is -0.138. The Hall–Kier alpha value is -3.30. The van der Waals surface area contributed by atoms with Gasteiger partial charge >= 0.3 is 5.97 Å². The number of benzene rings is 2. The van der Waals surface area contributed by atoms with Crippen molar-refractivity contribution in [2.75, 3.05) is 6.61 Å². The molecule has 0 aliphatic heterocycles. The molecule has 0 amide bonds. The molecule has 2 aromatic carbocycles. The molecule has 0 radical (unpaired) electrons. The van der Waals surface area contributed by atoms with Crippen LogP contribution in [0.25, 0.3) is 10.8 Å². The number of carbonyl (C=O) groups is 2. The average Bonchev–Trinajstić information content (AvgIpc) is 2.73. The van der Waals surface area contributed by atoms with Gasteiger partial charge in [0, 0.05) is 23.7 Å². The van der Waals surface area contributed by atoms with E-state index in [1.165, 1.54) is 18.2 Å². The van der Waals surface area contributed by atoms with Gasteiger partial charge in [0.25, 0.3) is 0 Å². The van der Waals surface area contributed by atoms with Gasteiger partial charge in [-0.3, -0.25) is 9.78 Å². The molecule has 1 heterocycles. The van der Waals surface area contributed by atoms with Crippen LogP contribution in [0.3, 0.4) is 0 Å². The molecule has 0 bridgehead atoms. The van der Waals surface area contributed by atoms with E-state index in [9.17, 15) is 18.0 Å². The fraction of sp³-hybridized carbons (Fsp3) is 0.190. The van der Waals surface area contributed by atoms with Crippen molar-refractivity contribution in [2.45, 2.75) is 23.8 Å². The highest BCUT2D eigenvalue weighted by atomic mass is 32.2. The first-order valence-electron chi connectivity index (χ1n) is 9.14. The smallest absolute Gasteiger partial charge is 0.305 e. The normalized spacial score (nSPS) is 12.4. The van der Waals surface area contributed by atoms with E-state index in [0.717, 1.165) is 16.5 Å². The molecule has 0 saturated heterocycles. The number of ether oxygens (including phenoxy) is 1. The Bertz CT molecular complexity index is 1160. The number of hydrogen-bond donors (Lipinski definition) is 2. The van der Waals surface area contributed by atoms with Crippen LogP contribution in [-0.4, -0.2) is 43.4 Å². The lowest BCUT2D eigenvalue weighted by Crippen LogP contribution is -2.37. The fourth-order valence-corrected chi connectivity index (χ4v) is 4.21. The van der Waals surface area contributed by atoms with Gasteiger partial charge in [-0.15, -0.1) is 0 Å². The molecule has 3 rings (SSSR count). The molecule has 8 nitrogen and oxygen atoms in total. The number of sulfonamides is 1. The fourth-order valence-electron chi connectivity index (χ4n) is 2.89. The second kappa shape index (κ2) is 9.47. The van der Waals surface area contributed by atoms with E-state index < -0.39 is 28.5 Å². The number of hydrogen-bond acceptors (Lipinski definition) is 6. The summed E-state index contributed by atoms with van der Waals surface area (Å²) in [7, 11) is -4.16. The molecular weight excluding hydrogens is 408 g/mol. The highest BCUT2D eigenvalue weighted by molar-refractivity contribution is 7.89. The zero-order valence-corrected chi connectivity index (χ0v) is 16.7. The van der Waals surface area contributed by atoms with Crippen LogP contribution in [0.5, 0.6) is 5.75 Å². The molecule has 0 aliphatic rings. The standard InChI is InChI=1S/C21H20N2O6S/c24-14-18(12-21(25)26)23-30(27,28)20-8-4-3-7-19(20)29-10-9-17-11-15-5-1-2-6-16(15)13-22-17/h1-8,11,13-14,18,23H,9-10,12H2,(H,25,26)/t18-/m1/s1. The maximum Gasteiger partial charge on any atom is 0.305 e. The minimum Gasteiger partial charge on any atom is -0.492 e. The van der Waals surface area contributed by atoms with Crippen molar-refractivity contribution >= 4 is 33.1 Å². The van der Waals surface area contributed by atoms with E-state index in [1.807, 2.05) is 30.3 Å². The zero-order chi connectivity index (χ0) is 21.6. The topological polar surface area (TPSA) is 123 Å². The van der Waals surface area contributed by atoms with Crippen molar-refractivity contribution in [2.24, 2.45) is 0 Å². The Kier molecular flexibility index (Phi) is 6.76. The summed E-state index contributed by atoms with van der Waals surface area (Å²) in [5, 5.41) is 10.9. The number of pyridine rings is 1. The summed E-state index contributed by atoms with van der Waals surface area (Å²) in [5.41, 5.74) is 0.801. The van der Waals surface area contributed by atoms with Gasteiger partial charge in [0.15, 0.2) is 0 Å². The van der Waals surface area contributed by atoms with Crippen molar-refractivity contribution in [3.05, 3.63) is 66.5 Å². The number of carboxylic acid groups (broad SMARTS) is 1. The first kappa shape index (κ1) is 21.4. The minimum absolute atomic E-state index is 0.103. The number of nitrogens with one attached hydrogen (secondary N) is 1. The van der Waals surface area contributed by atoms with Crippen LogP contribution in [0.1, 0.15) is 12.1 Å². The lowest BCUT2D eigenvalue weighted by Gasteiger charge is -2.15. The highest BCUT2D eigenvalue weighted by Gasteiger charge is 2.24. The first-order valence-corrected chi connectivity index (χ1v) is 10.6. The molecule has 0 aliphatic carbocycles. The summed E-state index contributed by atoms with van der Waals surface area (Å²) in [6, 6.07) is 14.4. The second-order valence-electron chi connectivity index (χ2n) is 6.53. The maximum absolute atomic E-state index is 12.6. The van der Waals surface area contributed by atoms with Crippen LogP contribution in [0.2, 0.25) is 0 Å². The van der Waals surface area contributed by atoms with E-state index in [2.05, 4.69) is 9.71 Å². The molecule has 0 saturated carbocycles. The van der Waals surface area contributed by atoms with E-state index in [0.29, 0.717) is 6.42 Å². The van der Waals surface area contributed by atoms with Crippen LogP contribution in [0.15, 0.2) is 65.7 Å². The van der Waals surface area contributed by atoms with Gasteiger partial charge in [0.05, 0.1) is 19.1 Å². The Balaban J connectivity index is 1.71. The molecule has 0 fully saturated rings. The number of aromatic nitrogens is 1. The number of fused-ring (bicyclic) bond motifs is 1. The minimum atomic E-state index is -4.16. The van der Waals surface area contributed by atoms with Gasteiger partial charge in [0.2, 0.25) is 10.0 Å². The van der Waals surface area contributed by atoms with Gasteiger partial charge < -0.3 is 14.6 Å². The number of nitrogens with zero attached hydrogens (tertiary/aromatic N) is 1. The van der Waals surface area contributed by atoms with Gasteiger partial charge in [-0.25, -0.2) is 13.1 Å². The van der Waals surface area contributed by atoms with E-state index in [-0.39, 0.29) is 23.5 Å². The predicted octanol–water partition coefficient (Wildman–Crippen LogP) is 2.18. The van der Waals surface area contributed by atoms with Crippen molar-refractivity contribution in [3.63, 3.8) is 0 Å². The van der Waals surface area contributed by atoms with E-state index in [1.54, 1.807) is 12.3 Å². The largest absolute Gasteiger partial charge is 0.492 e. The molecular formula is C21H20N2O6S. The Morgan fingerprint density at radius 1 is 1.13 bits per heavy atom. The molecule has 1 atom stereocenters. The number of carbonyl (C=O) groups excluding carboxylic acids is 1. The van der Waals surface area contributed by atoms with Crippen LogP contribution < -0.4 is 9.46 Å². The summed E-state index contributed by atoms with van der Waals surface area (Å²) in [6.45, 7) is 0.185. The number of para-hydroxylation sites is 1. The number of aliphatic carboxylic acids is 1. The second-order valence-corrected chi connectivity index (χ2v) is 8.21. The Morgan fingerprint density at radius 3 is 2.57 bits per heavy atom. The van der Waals surface area contributed by atoms with Crippen molar-refractivity contribution in [1.82, 2.24) is 9.71 Å². The molecule has 0 unspecified atom stereocenters. The Morgan fingerprint density at radius 2 is 1.83 bits per heavy atom. The van der Waals surface area contributed by atoms with Crippen molar-refractivity contribution in [3.8, 4) is 5.75 Å². The third kappa shape index (κ3) is 5.40. The summed E-state index contributed by atoms with van der Waals surface area (Å²) in [6.07, 6.45) is 1.83. The monoisotopic (exact) mass is 428 g/mol. The van der Waals surface area contributed by atoms with Gasteiger partial charge in [0.1, 0.15) is 16.9 Å². The quantitative estimate of drug-likeness (QED) is 0.475. The SMILES string of the molecule is O=C[C@@H](CC(=O)O)NS(=O)(=O)c1ccccc1OCCc1cc2ccccc2cn1.